The van der Waals surface area contributed by atoms with Crippen molar-refractivity contribution in [3.8, 4) is 0 Å². The molecule has 27 heavy (non-hydrogen) atoms. The number of amides is 1. The molecule has 0 aliphatic carbocycles. The molecule has 2 heterocycles. The summed E-state index contributed by atoms with van der Waals surface area (Å²) in [5.74, 6) is -0.467. The van der Waals surface area contributed by atoms with E-state index in [4.69, 9.17) is 0 Å². The lowest BCUT2D eigenvalue weighted by Gasteiger charge is -2.18. The van der Waals surface area contributed by atoms with Gasteiger partial charge in [0, 0.05) is 18.1 Å². The maximum Gasteiger partial charge on any atom is 0.416 e. The molecule has 1 aromatic carbocycles. The molecule has 0 aliphatic rings. The van der Waals surface area contributed by atoms with Crippen molar-refractivity contribution < 1.29 is 23.1 Å². The number of benzene rings is 1. The van der Waals surface area contributed by atoms with Crippen molar-refractivity contribution in [2.75, 3.05) is 6.61 Å². The van der Waals surface area contributed by atoms with Crippen LogP contribution in [0.3, 0.4) is 0 Å². The van der Waals surface area contributed by atoms with Crippen molar-refractivity contribution in [2.24, 2.45) is 0 Å². The van der Waals surface area contributed by atoms with E-state index in [1.807, 2.05) is 4.40 Å². The average molecular weight is 377 g/mol. The van der Waals surface area contributed by atoms with Crippen molar-refractivity contribution in [3.05, 3.63) is 70.8 Å². The highest BCUT2D eigenvalue weighted by atomic mass is 19.4. The number of carbonyl (C=O) groups excluding carboxylic acids is 1. The minimum Gasteiger partial charge on any atom is -0.394 e. The second-order valence-electron chi connectivity index (χ2n) is 6.25. The number of alkyl halides is 3. The Morgan fingerprint density at radius 1 is 1.33 bits per heavy atom. The molecule has 1 atom stereocenters. The van der Waals surface area contributed by atoms with E-state index in [1.165, 1.54) is 12.1 Å². The van der Waals surface area contributed by atoms with E-state index in [9.17, 15) is 23.1 Å². The standard InChI is InChI=1S/C19H18F3N3O2/c1-11-16-9-23-6-7-25(16)12(2)17(11)18(27)24-15(10-26)13-4-3-5-14(8-13)19(20,21)22/h3-9,15,26H,10H2,1-2H3,(H,24,27). The average Bonchev–Trinajstić information content (AvgIpc) is 2.90. The zero-order valence-electron chi connectivity index (χ0n) is 14.7. The zero-order valence-corrected chi connectivity index (χ0v) is 14.7. The van der Waals surface area contributed by atoms with Crippen LogP contribution in [0.4, 0.5) is 13.2 Å². The topological polar surface area (TPSA) is 66.6 Å². The number of aliphatic hydroxyl groups is 1. The van der Waals surface area contributed by atoms with E-state index in [-0.39, 0.29) is 5.56 Å². The van der Waals surface area contributed by atoms with Gasteiger partial charge in [0.15, 0.2) is 0 Å². The smallest absolute Gasteiger partial charge is 0.394 e. The summed E-state index contributed by atoms with van der Waals surface area (Å²) < 4.78 is 40.6. The quantitative estimate of drug-likeness (QED) is 0.732. The fraction of sp³-hybridized carbons (Fsp3) is 0.263. The molecule has 0 saturated carbocycles. The minimum absolute atomic E-state index is 0.182. The van der Waals surface area contributed by atoms with Crippen LogP contribution < -0.4 is 5.32 Å². The third-order valence-electron chi connectivity index (χ3n) is 4.57. The van der Waals surface area contributed by atoms with Crippen LogP contribution in [0.25, 0.3) is 5.52 Å². The summed E-state index contributed by atoms with van der Waals surface area (Å²) in [5.41, 5.74) is 1.91. The molecule has 0 saturated heterocycles. The van der Waals surface area contributed by atoms with Gasteiger partial charge in [-0.15, -0.1) is 0 Å². The number of halogens is 3. The number of nitrogens with one attached hydrogen (secondary N) is 1. The van der Waals surface area contributed by atoms with Gasteiger partial charge in [-0.25, -0.2) is 0 Å². The lowest BCUT2D eigenvalue weighted by Crippen LogP contribution is -2.31. The molecule has 0 aliphatic heterocycles. The first-order chi connectivity index (χ1) is 12.7. The molecule has 5 nitrogen and oxygen atoms in total. The van der Waals surface area contributed by atoms with E-state index < -0.39 is 30.3 Å². The van der Waals surface area contributed by atoms with Gasteiger partial charge in [-0.3, -0.25) is 9.78 Å². The van der Waals surface area contributed by atoms with Gasteiger partial charge < -0.3 is 14.8 Å². The summed E-state index contributed by atoms with van der Waals surface area (Å²) in [7, 11) is 0. The zero-order chi connectivity index (χ0) is 19.8. The molecule has 1 unspecified atom stereocenters. The number of nitrogens with zero attached hydrogens (tertiary/aromatic N) is 2. The molecule has 3 aromatic rings. The summed E-state index contributed by atoms with van der Waals surface area (Å²) in [6.45, 7) is 3.02. The molecule has 3 rings (SSSR count). The number of carbonyl (C=O) groups is 1. The molecule has 0 bridgehead atoms. The largest absolute Gasteiger partial charge is 0.416 e. The number of aliphatic hydroxyl groups excluding tert-OH is 1. The first kappa shape index (κ1) is 18.9. The molecule has 8 heteroatoms. The Bertz CT molecular complexity index is 957. The molecule has 2 N–H and O–H groups in total. The second-order valence-corrected chi connectivity index (χ2v) is 6.25. The summed E-state index contributed by atoms with van der Waals surface area (Å²) >= 11 is 0. The third-order valence-corrected chi connectivity index (χ3v) is 4.57. The number of hydrogen-bond acceptors (Lipinski definition) is 3. The molecular formula is C19H18F3N3O2. The minimum atomic E-state index is -4.50. The van der Waals surface area contributed by atoms with Crippen molar-refractivity contribution in [1.29, 1.82) is 0 Å². The van der Waals surface area contributed by atoms with Crippen molar-refractivity contribution in [2.45, 2.75) is 26.1 Å². The van der Waals surface area contributed by atoms with E-state index in [1.54, 1.807) is 32.4 Å². The summed E-state index contributed by atoms with van der Waals surface area (Å²) in [4.78, 5) is 16.8. The van der Waals surface area contributed by atoms with Gasteiger partial charge in [0.1, 0.15) is 0 Å². The fourth-order valence-electron chi connectivity index (χ4n) is 3.18. The number of aromatic nitrogens is 2. The number of fused-ring (bicyclic) bond motifs is 1. The predicted octanol–water partition coefficient (Wildman–Crippen LogP) is 3.43. The molecule has 142 valence electrons. The van der Waals surface area contributed by atoms with Crippen LogP contribution in [0.15, 0.2) is 42.9 Å². The first-order valence-corrected chi connectivity index (χ1v) is 8.24. The SMILES string of the molecule is Cc1c(C(=O)NC(CO)c2cccc(C(F)(F)F)c2)c(C)n2ccncc12. The van der Waals surface area contributed by atoms with Gasteiger partial charge in [-0.2, -0.15) is 13.2 Å². The summed E-state index contributed by atoms with van der Waals surface area (Å²) in [6.07, 6.45) is 0.459. The maximum atomic E-state index is 12.9. The van der Waals surface area contributed by atoms with Gasteiger partial charge in [-0.1, -0.05) is 12.1 Å². The van der Waals surface area contributed by atoms with Crippen LogP contribution in [0, 0.1) is 13.8 Å². The Morgan fingerprint density at radius 3 is 2.70 bits per heavy atom. The summed E-state index contributed by atoms with van der Waals surface area (Å²) in [5, 5.41) is 12.3. The van der Waals surface area contributed by atoms with Crippen molar-refractivity contribution >= 4 is 11.4 Å². The molecule has 1 amide bonds. The monoisotopic (exact) mass is 377 g/mol. The van der Waals surface area contributed by atoms with Crippen LogP contribution in [0.2, 0.25) is 0 Å². The molecule has 2 aromatic heterocycles. The van der Waals surface area contributed by atoms with Gasteiger partial charge in [-0.05, 0) is 37.1 Å². The van der Waals surface area contributed by atoms with Crippen LogP contribution in [0.1, 0.15) is 38.8 Å². The van der Waals surface area contributed by atoms with Crippen molar-refractivity contribution in [1.82, 2.24) is 14.7 Å². The fourth-order valence-corrected chi connectivity index (χ4v) is 3.18. The van der Waals surface area contributed by atoms with Crippen LogP contribution in [-0.4, -0.2) is 27.0 Å². The second kappa shape index (κ2) is 7.03. The van der Waals surface area contributed by atoms with Gasteiger partial charge in [0.2, 0.25) is 0 Å². The van der Waals surface area contributed by atoms with Gasteiger partial charge >= 0.3 is 6.18 Å². The molecular weight excluding hydrogens is 359 g/mol. The lowest BCUT2D eigenvalue weighted by atomic mass is 10.0. The Kier molecular flexibility index (Phi) is 4.93. The normalized spacial score (nSPS) is 13.0. The van der Waals surface area contributed by atoms with E-state index in [2.05, 4.69) is 10.3 Å². The van der Waals surface area contributed by atoms with E-state index in [0.717, 1.165) is 17.6 Å². The lowest BCUT2D eigenvalue weighted by molar-refractivity contribution is -0.137. The Morgan fingerprint density at radius 2 is 2.07 bits per heavy atom. The Labute approximate surface area is 153 Å². The predicted molar refractivity (Wildman–Crippen MR) is 93.4 cm³/mol. The van der Waals surface area contributed by atoms with Crippen LogP contribution in [0.5, 0.6) is 0 Å². The molecule has 0 fully saturated rings. The Balaban J connectivity index is 1.93. The molecule has 0 spiro atoms. The number of rotatable bonds is 4. The third kappa shape index (κ3) is 3.52. The van der Waals surface area contributed by atoms with Gasteiger partial charge in [0.25, 0.3) is 5.91 Å². The Hall–Kier alpha value is -2.87. The van der Waals surface area contributed by atoms with E-state index in [0.29, 0.717) is 16.8 Å². The number of hydrogen-bond donors (Lipinski definition) is 2. The van der Waals surface area contributed by atoms with Crippen LogP contribution >= 0.6 is 0 Å². The van der Waals surface area contributed by atoms with Crippen molar-refractivity contribution in [3.63, 3.8) is 0 Å². The highest BCUT2D eigenvalue weighted by Gasteiger charge is 2.31. The summed E-state index contributed by atoms with van der Waals surface area (Å²) in [6, 6.07) is 3.61. The molecule has 0 radical (unpaired) electrons. The maximum absolute atomic E-state index is 12.9. The van der Waals surface area contributed by atoms with E-state index >= 15 is 0 Å². The van der Waals surface area contributed by atoms with Gasteiger partial charge in [0.05, 0.1) is 35.5 Å². The first-order valence-electron chi connectivity index (χ1n) is 8.24. The van der Waals surface area contributed by atoms with Crippen LogP contribution in [-0.2, 0) is 6.18 Å². The number of aryl methyl sites for hydroxylation is 2. The highest BCUT2D eigenvalue weighted by Crippen LogP contribution is 2.31. The highest BCUT2D eigenvalue weighted by molar-refractivity contribution is 5.99.